The van der Waals surface area contributed by atoms with E-state index in [2.05, 4.69) is 15.5 Å². The Kier molecular flexibility index (Phi) is 5.91. The molecule has 0 aliphatic carbocycles. The molecule has 31 heavy (non-hydrogen) atoms. The van der Waals surface area contributed by atoms with E-state index in [0.29, 0.717) is 38.2 Å². The summed E-state index contributed by atoms with van der Waals surface area (Å²) in [5.74, 6) is 0.380. The molecule has 1 amide bonds. The Balaban J connectivity index is 1.63. The highest BCUT2D eigenvalue weighted by Gasteiger charge is 2.17. The highest BCUT2D eigenvalue weighted by atomic mass is 35.5. The van der Waals surface area contributed by atoms with E-state index in [-0.39, 0.29) is 16.3 Å². The molecular weight excluding hydrogens is 463 g/mol. The fraction of sp³-hybridized carbons (Fsp3) is 0.0952. The van der Waals surface area contributed by atoms with Crippen LogP contribution in [0.3, 0.4) is 0 Å². The highest BCUT2D eigenvalue weighted by Crippen LogP contribution is 2.33. The number of hydrogen-bond acceptors (Lipinski definition) is 5. The van der Waals surface area contributed by atoms with E-state index in [4.69, 9.17) is 44.3 Å². The minimum absolute atomic E-state index is 0.219. The lowest BCUT2D eigenvalue weighted by Crippen LogP contribution is -2.13. The topological polar surface area (TPSA) is 78.3 Å². The summed E-state index contributed by atoms with van der Waals surface area (Å²) in [7, 11) is 2.98. The molecule has 158 valence electrons. The Bertz CT molecular complexity index is 1310. The van der Waals surface area contributed by atoms with E-state index in [1.165, 1.54) is 24.0 Å². The van der Waals surface area contributed by atoms with Gasteiger partial charge >= 0.3 is 0 Å². The van der Waals surface area contributed by atoms with Gasteiger partial charge in [0, 0.05) is 10.7 Å². The molecule has 1 aromatic heterocycles. The number of benzene rings is 3. The van der Waals surface area contributed by atoms with Gasteiger partial charge in [0.25, 0.3) is 5.91 Å². The van der Waals surface area contributed by atoms with Crippen molar-refractivity contribution in [1.82, 2.24) is 15.0 Å². The highest BCUT2D eigenvalue weighted by molar-refractivity contribution is 6.36. The number of methoxy groups -OCH3 is 2. The van der Waals surface area contributed by atoms with Crippen molar-refractivity contribution in [3.05, 3.63) is 69.2 Å². The van der Waals surface area contributed by atoms with Gasteiger partial charge in [0.05, 0.1) is 35.5 Å². The van der Waals surface area contributed by atoms with E-state index in [1.54, 1.807) is 43.5 Å². The van der Waals surface area contributed by atoms with Gasteiger partial charge in [-0.3, -0.25) is 4.79 Å². The Morgan fingerprint density at radius 3 is 2.39 bits per heavy atom. The van der Waals surface area contributed by atoms with Crippen LogP contribution < -0.4 is 14.8 Å². The number of carbonyl (C=O) groups is 1. The van der Waals surface area contributed by atoms with Crippen molar-refractivity contribution in [3.8, 4) is 17.2 Å². The monoisotopic (exact) mass is 476 g/mol. The van der Waals surface area contributed by atoms with Crippen LogP contribution in [0, 0.1) is 0 Å². The fourth-order valence-corrected chi connectivity index (χ4v) is 3.84. The van der Waals surface area contributed by atoms with Crippen molar-refractivity contribution >= 4 is 57.4 Å². The molecule has 0 radical (unpaired) electrons. The summed E-state index contributed by atoms with van der Waals surface area (Å²) in [4.78, 5) is 14.2. The quantitative estimate of drug-likeness (QED) is 0.402. The molecular formula is C21H15Cl3N4O3. The molecule has 4 aromatic rings. The molecule has 0 unspecified atom stereocenters. The van der Waals surface area contributed by atoms with Gasteiger partial charge in [-0.05, 0) is 48.5 Å². The third-order valence-corrected chi connectivity index (χ3v) is 5.26. The predicted molar refractivity (Wildman–Crippen MR) is 121 cm³/mol. The first kappa shape index (κ1) is 21.2. The van der Waals surface area contributed by atoms with Crippen LogP contribution in [0.1, 0.15) is 10.4 Å². The van der Waals surface area contributed by atoms with Gasteiger partial charge in [0.1, 0.15) is 22.5 Å². The van der Waals surface area contributed by atoms with Crippen molar-refractivity contribution in [1.29, 1.82) is 0 Å². The fourth-order valence-electron chi connectivity index (χ4n) is 3.02. The first-order chi connectivity index (χ1) is 14.9. The number of carbonyl (C=O) groups excluding carboxylic acids is 1. The van der Waals surface area contributed by atoms with Crippen LogP contribution in [0.25, 0.3) is 16.7 Å². The van der Waals surface area contributed by atoms with Crippen molar-refractivity contribution in [2.45, 2.75) is 0 Å². The number of fused-ring (bicyclic) bond motifs is 1. The Morgan fingerprint density at radius 1 is 0.903 bits per heavy atom. The number of anilines is 1. The zero-order valence-electron chi connectivity index (χ0n) is 16.3. The summed E-state index contributed by atoms with van der Waals surface area (Å²) in [5, 5.41) is 12.7. The van der Waals surface area contributed by atoms with Gasteiger partial charge in [-0.2, -0.15) is 4.80 Å². The molecule has 0 fully saturated rings. The summed E-state index contributed by atoms with van der Waals surface area (Å²) in [5.41, 5.74) is 2.65. The number of amides is 1. The molecule has 4 rings (SSSR count). The second kappa shape index (κ2) is 8.63. The minimum atomic E-state index is -0.421. The Hall–Kier alpha value is -3.00. The van der Waals surface area contributed by atoms with Gasteiger partial charge in [0.15, 0.2) is 0 Å². The van der Waals surface area contributed by atoms with Gasteiger partial charge in [-0.1, -0.05) is 34.8 Å². The average Bonchev–Trinajstić information content (AvgIpc) is 3.16. The summed E-state index contributed by atoms with van der Waals surface area (Å²) >= 11 is 18.4. The minimum Gasteiger partial charge on any atom is -0.495 e. The third-order valence-electron chi connectivity index (χ3n) is 4.46. The molecule has 0 atom stereocenters. The van der Waals surface area contributed by atoms with Gasteiger partial charge in [0.2, 0.25) is 0 Å². The van der Waals surface area contributed by atoms with E-state index in [1.807, 2.05) is 0 Å². The lowest BCUT2D eigenvalue weighted by molar-refractivity contribution is 0.102. The molecule has 1 heterocycles. The number of halogens is 3. The number of rotatable bonds is 5. The molecule has 3 aromatic carbocycles. The maximum absolute atomic E-state index is 12.8. The van der Waals surface area contributed by atoms with E-state index >= 15 is 0 Å². The van der Waals surface area contributed by atoms with Crippen LogP contribution >= 0.6 is 34.8 Å². The smallest absolute Gasteiger partial charge is 0.259 e. The van der Waals surface area contributed by atoms with Crippen molar-refractivity contribution in [2.75, 3.05) is 19.5 Å². The van der Waals surface area contributed by atoms with Crippen molar-refractivity contribution in [3.63, 3.8) is 0 Å². The normalized spacial score (nSPS) is 10.9. The van der Waals surface area contributed by atoms with Crippen LogP contribution in [0.15, 0.2) is 48.5 Å². The first-order valence-electron chi connectivity index (χ1n) is 8.95. The zero-order chi connectivity index (χ0) is 22.1. The zero-order valence-corrected chi connectivity index (χ0v) is 18.6. The molecule has 0 spiro atoms. The maximum atomic E-state index is 12.8. The van der Waals surface area contributed by atoms with Crippen molar-refractivity contribution in [2.24, 2.45) is 0 Å². The molecule has 0 bridgehead atoms. The standard InChI is InChI=1S/C21H15Cl3N4O3/c1-30-19-6-4-13(10-15(19)23)28-26-17-5-3-12(9-18(17)27-28)25-21(29)14-7-11(22)8-16(24)20(14)31-2/h3-10H,1-2H3,(H,25,29). The Labute approximate surface area is 192 Å². The summed E-state index contributed by atoms with van der Waals surface area (Å²) < 4.78 is 10.4. The second-order valence-electron chi connectivity index (χ2n) is 6.43. The SMILES string of the molecule is COc1ccc(-n2nc3ccc(NC(=O)c4cc(Cl)cc(Cl)c4OC)cc3n2)cc1Cl. The number of nitrogens with zero attached hydrogens (tertiary/aromatic N) is 3. The summed E-state index contributed by atoms with van der Waals surface area (Å²) in [6.07, 6.45) is 0. The average molecular weight is 478 g/mol. The molecule has 0 aliphatic heterocycles. The van der Waals surface area contributed by atoms with Gasteiger partial charge in [-0.25, -0.2) is 0 Å². The second-order valence-corrected chi connectivity index (χ2v) is 7.69. The summed E-state index contributed by atoms with van der Waals surface area (Å²) in [6.45, 7) is 0. The lowest BCUT2D eigenvalue weighted by atomic mass is 10.1. The summed E-state index contributed by atoms with van der Waals surface area (Å²) in [6, 6.07) is 13.4. The van der Waals surface area contributed by atoms with Crippen LogP contribution in [0.2, 0.25) is 15.1 Å². The van der Waals surface area contributed by atoms with Crippen LogP contribution in [-0.2, 0) is 0 Å². The maximum Gasteiger partial charge on any atom is 0.259 e. The van der Waals surface area contributed by atoms with Crippen LogP contribution in [0.4, 0.5) is 5.69 Å². The van der Waals surface area contributed by atoms with Gasteiger partial charge in [-0.15, -0.1) is 10.2 Å². The number of nitrogens with one attached hydrogen (secondary N) is 1. The van der Waals surface area contributed by atoms with E-state index in [9.17, 15) is 4.79 Å². The predicted octanol–water partition coefficient (Wildman–Crippen LogP) is 5.65. The van der Waals surface area contributed by atoms with Crippen LogP contribution in [-0.4, -0.2) is 35.1 Å². The van der Waals surface area contributed by atoms with E-state index in [0.717, 1.165) is 0 Å². The molecule has 1 N–H and O–H groups in total. The van der Waals surface area contributed by atoms with E-state index < -0.39 is 5.91 Å². The molecule has 10 heteroatoms. The Morgan fingerprint density at radius 2 is 1.68 bits per heavy atom. The first-order valence-corrected chi connectivity index (χ1v) is 10.1. The number of ether oxygens (including phenoxy) is 2. The molecule has 0 saturated heterocycles. The molecule has 0 aliphatic rings. The molecule has 7 nitrogen and oxygen atoms in total. The van der Waals surface area contributed by atoms with Gasteiger partial charge < -0.3 is 14.8 Å². The van der Waals surface area contributed by atoms with Crippen LogP contribution in [0.5, 0.6) is 11.5 Å². The molecule has 0 saturated carbocycles. The third kappa shape index (κ3) is 4.25. The number of hydrogen-bond donors (Lipinski definition) is 1. The largest absolute Gasteiger partial charge is 0.495 e. The lowest BCUT2D eigenvalue weighted by Gasteiger charge is -2.11. The van der Waals surface area contributed by atoms with Crippen molar-refractivity contribution < 1.29 is 14.3 Å². The number of aromatic nitrogens is 3.